The number of rotatable bonds is 4. The molecule has 0 heterocycles. The fourth-order valence-corrected chi connectivity index (χ4v) is 4.49. The Bertz CT molecular complexity index is 619. The second-order valence-electron chi connectivity index (χ2n) is 5.60. The van der Waals surface area contributed by atoms with Crippen LogP contribution in [0, 0.1) is 12.8 Å². The Hall–Kier alpha value is -0.630. The van der Waals surface area contributed by atoms with Gasteiger partial charge in [-0.25, -0.2) is 13.1 Å². The minimum absolute atomic E-state index is 0.0124. The second-order valence-corrected chi connectivity index (χ2v) is 8.19. The summed E-state index contributed by atoms with van der Waals surface area (Å²) < 4.78 is 28.1. The van der Waals surface area contributed by atoms with Gasteiger partial charge >= 0.3 is 0 Å². The van der Waals surface area contributed by atoms with Crippen LogP contribution in [0.1, 0.15) is 31.2 Å². The quantitative estimate of drug-likeness (QED) is 0.702. The molecule has 2 atom stereocenters. The van der Waals surface area contributed by atoms with Crippen LogP contribution in [-0.2, 0) is 10.0 Å². The first-order valence-corrected chi connectivity index (χ1v) is 9.32. The number of nitrogens with two attached hydrogens (primary N) is 1. The van der Waals surface area contributed by atoms with Crippen molar-refractivity contribution in [2.75, 3.05) is 12.3 Å². The zero-order valence-electron chi connectivity index (χ0n) is 12.0. The van der Waals surface area contributed by atoms with Crippen molar-refractivity contribution in [1.82, 2.24) is 4.72 Å². The molecule has 5 nitrogen and oxygen atoms in total. The van der Waals surface area contributed by atoms with Crippen LogP contribution in [0.25, 0.3) is 0 Å². The fraction of sp³-hybridized carbons (Fsp3) is 0.571. The van der Waals surface area contributed by atoms with E-state index in [1.54, 1.807) is 13.0 Å². The Morgan fingerprint density at radius 2 is 2.05 bits per heavy atom. The molecule has 0 saturated heterocycles. The molecule has 0 amide bonds. The summed E-state index contributed by atoms with van der Waals surface area (Å²) in [7, 11) is -3.61. The van der Waals surface area contributed by atoms with E-state index < -0.39 is 16.1 Å². The van der Waals surface area contributed by atoms with E-state index in [-0.39, 0.29) is 17.4 Å². The Morgan fingerprint density at radius 1 is 1.38 bits per heavy atom. The maximum absolute atomic E-state index is 12.4. The standard InChI is InChI=1S/C14H21BrN2O3S/c1-9-6-11(15)12(16)7-14(9)21(19,20)17-8-10-4-2-3-5-13(10)18/h6-7,10,13,17-18H,2-5,8,16H2,1H3. The van der Waals surface area contributed by atoms with Gasteiger partial charge in [0.25, 0.3) is 0 Å². The monoisotopic (exact) mass is 376 g/mol. The van der Waals surface area contributed by atoms with Crippen molar-refractivity contribution in [3.8, 4) is 0 Å². The van der Waals surface area contributed by atoms with Crippen LogP contribution >= 0.6 is 15.9 Å². The zero-order valence-corrected chi connectivity index (χ0v) is 14.4. The molecule has 0 spiro atoms. The Balaban J connectivity index is 2.13. The number of hydrogen-bond donors (Lipinski definition) is 3. The number of aliphatic hydroxyl groups is 1. The normalized spacial score (nSPS) is 23.2. The third-order valence-corrected chi connectivity index (χ3v) is 6.24. The first kappa shape index (κ1) is 16.7. The number of anilines is 1. The maximum Gasteiger partial charge on any atom is 0.240 e. The van der Waals surface area contributed by atoms with E-state index in [9.17, 15) is 13.5 Å². The van der Waals surface area contributed by atoms with Crippen LogP contribution in [0.3, 0.4) is 0 Å². The van der Waals surface area contributed by atoms with Crippen LogP contribution < -0.4 is 10.5 Å². The van der Waals surface area contributed by atoms with Crippen molar-refractivity contribution in [2.45, 2.75) is 43.6 Å². The molecule has 1 aromatic carbocycles. The van der Waals surface area contributed by atoms with E-state index >= 15 is 0 Å². The minimum Gasteiger partial charge on any atom is -0.398 e. The van der Waals surface area contributed by atoms with Crippen LogP contribution in [-0.4, -0.2) is 26.2 Å². The Morgan fingerprint density at radius 3 is 2.71 bits per heavy atom. The summed E-state index contributed by atoms with van der Waals surface area (Å²) in [6, 6.07) is 3.15. The summed E-state index contributed by atoms with van der Waals surface area (Å²) in [6.07, 6.45) is 3.22. The van der Waals surface area contributed by atoms with Gasteiger partial charge in [-0.05, 0) is 59.3 Å². The summed E-state index contributed by atoms with van der Waals surface area (Å²) in [5.74, 6) is -0.0124. The predicted molar refractivity (Wildman–Crippen MR) is 86.4 cm³/mol. The van der Waals surface area contributed by atoms with Gasteiger partial charge in [-0.1, -0.05) is 12.8 Å². The van der Waals surface area contributed by atoms with Crippen LogP contribution in [0.4, 0.5) is 5.69 Å². The highest BCUT2D eigenvalue weighted by Gasteiger charge is 2.26. The van der Waals surface area contributed by atoms with Gasteiger partial charge in [0.2, 0.25) is 10.0 Å². The van der Waals surface area contributed by atoms with Crippen molar-refractivity contribution in [2.24, 2.45) is 5.92 Å². The molecule has 2 rings (SSSR count). The van der Waals surface area contributed by atoms with E-state index in [0.29, 0.717) is 15.7 Å². The lowest BCUT2D eigenvalue weighted by atomic mass is 9.87. The second kappa shape index (κ2) is 6.64. The minimum atomic E-state index is -3.61. The van der Waals surface area contributed by atoms with Gasteiger partial charge in [-0.3, -0.25) is 0 Å². The lowest BCUT2D eigenvalue weighted by Crippen LogP contribution is -2.36. The molecule has 4 N–H and O–H groups in total. The zero-order chi connectivity index (χ0) is 15.6. The third-order valence-electron chi connectivity index (χ3n) is 3.99. The van der Waals surface area contributed by atoms with Gasteiger partial charge in [0.05, 0.1) is 11.0 Å². The number of benzene rings is 1. The molecule has 1 aliphatic carbocycles. The van der Waals surface area contributed by atoms with Gasteiger partial charge in [-0.15, -0.1) is 0 Å². The molecule has 0 aliphatic heterocycles. The number of aryl methyl sites for hydroxylation is 1. The fourth-order valence-electron chi connectivity index (χ4n) is 2.68. The summed E-state index contributed by atoms with van der Waals surface area (Å²) in [5.41, 5.74) is 6.79. The maximum atomic E-state index is 12.4. The van der Waals surface area contributed by atoms with Gasteiger partial charge in [0, 0.05) is 16.7 Å². The lowest BCUT2D eigenvalue weighted by Gasteiger charge is -2.27. The van der Waals surface area contributed by atoms with E-state index in [1.807, 2.05) is 0 Å². The number of nitrogen functional groups attached to an aromatic ring is 1. The highest BCUT2D eigenvalue weighted by Crippen LogP contribution is 2.27. The lowest BCUT2D eigenvalue weighted by molar-refractivity contribution is 0.0724. The summed E-state index contributed by atoms with van der Waals surface area (Å²) >= 11 is 3.28. The van der Waals surface area contributed by atoms with Gasteiger partial charge in [0.1, 0.15) is 0 Å². The number of nitrogens with one attached hydrogen (secondary N) is 1. The van der Waals surface area contributed by atoms with Crippen molar-refractivity contribution >= 4 is 31.6 Å². The molecule has 0 radical (unpaired) electrons. The summed E-state index contributed by atoms with van der Waals surface area (Å²) in [6.45, 7) is 1.99. The van der Waals surface area contributed by atoms with Crippen molar-refractivity contribution < 1.29 is 13.5 Å². The molecule has 118 valence electrons. The highest BCUT2D eigenvalue weighted by atomic mass is 79.9. The average molecular weight is 377 g/mol. The number of sulfonamides is 1. The number of aliphatic hydroxyl groups excluding tert-OH is 1. The predicted octanol–water partition coefficient (Wildman–Crippen LogP) is 2.17. The van der Waals surface area contributed by atoms with Gasteiger partial charge in [-0.2, -0.15) is 0 Å². The average Bonchev–Trinajstić information content (AvgIpc) is 2.42. The van der Waals surface area contributed by atoms with Crippen LogP contribution in [0.5, 0.6) is 0 Å². The first-order chi connectivity index (χ1) is 9.81. The van der Waals surface area contributed by atoms with Crippen molar-refractivity contribution in [3.05, 3.63) is 22.2 Å². The smallest absolute Gasteiger partial charge is 0.240 e. The Kier molecular flexibility index (Phi) is 5.29. The largest absolute Gasteiger partial charge is 0.398 e. The van der Waals surface area contributed by atoms with E-state index in [1.165, 1.54) is 6.07 Å². The number of halogens is 1. The molecule has 1 saturated carbocycles. The molecule has 0 bridgehead atoms. The molecule has 1 fully saturated rings. The van der Waals surface area contributed by atoms with Crippen LogP contribution in [0.15, 0.2) is 21.5 Å². The molecular formula is C14H21BrN2O3S. The van der Waals surface area contributed by atoms with Crippen molar-refractivity contribution in [3.63, 3.8) is 0 Å². The summed E-state index contributed by atoms with van der Waals surface area (Å²) in [5, 5.41) is 9.91. The van der Waals surface area contributed by atoms with Crippen molar-refractivity contribution in [1.29, 1.82) is 0 Å². The molecule has 7 heteroatoms. The Labute approximate surface area is 134 Å². The van der Waals surface area contributed by atoms with E-state index in [2.05, 4.69) is 20.7 Å². The SMILES string of the molecule is Cc1cc(Br)c(N)cc1S(=O)(=O)NCC1CCCCC1O. The summed E-state index contributed by atoms with van der Waals surface area (Å²) in [4.78, 5) is 0.188. The topological polar surface area (TPSA) is 92.4 Å². The van der Waals surface area contributed by atoms with E-state index in [0.717, 1.165) is 25.7 Å². The molecule has 1 aromatic rings. The third kappa shape index (κ3) is 3.97. The molecule has 21 heavy (non-hydrogen) atoms. The number of hydrogen-bond acceptors (Lipinski definition) is 4. The first-order valence-electron chi connectivity index (χ1n) is 7.04. The molecular weight excluding hydrogens is 356 g/mol. The molecule has 2 unspecified atom stereocenters. The van der Waals surface area contributed by atoms with Gasteiger partial charge < -0.3 is 10.8 Å². The van der Waals surface area contributed by atoms with Crippen LogP contribution in [0.2, 0.25) is 0 Å². The molecule has 1 aliphatic rings. The van der Waals surface area contributed by atoms with Gasteiger partial charge in [0.15, 0.2) is 0 Å². The van der Waals surface area contributed by atoms with E-state index in [4.69, 9.17) is 5.73 Å². The molecule has 0 aromatic heterocycles. The highest BCUT2D eigenvalue weighted by molar-refractivity contribution is 9.10.